The van der Waals surface area contributed by atoms with Crippen LogP contribution < -0.4 is 10.5 Å². The van der Waals surface area contributed by atoms with Gasteiger partial charge >= 0.3 is 0 Å². The third-order valence-corrected chi connectivity index (χ3v) is 7.03. The quantitative estimate of drug-likeness (QED) is 0.543. The maximum atomic E-state index is 13.5. The van der Waals surface area contributed by atoms with Crippen molar-refractivity contribution in [3.8, 4) is 5.75 Å². The first-order chi connectivity index (χ1) is 16.5. The zero-order valence-corrected chi connectivity index (χ0v) is 20.3. The average molecular weight is 463 g/mol. The molecule has 0 aromatic heterocycles. The molecule has 34 heavy (non-hydrogen) atoms. The van der Waals surface area contributed by atoms with Crippen molar-refractivity contribution in [2.24, 2.45) is 17.6 Å². The number of hydrogen-bond donors (Lipinski definition) is 1. The lowest BCUT2D eigenvalue weighted by atomic mass is 9.99. The van der Waals surface area contributed by atoms with Gasteiger partial charge in [0.15, 0.2) is 0 Å². The molecule has 2 aliphatic heterocycles. The molecule has 0 aliphatic carbocycles. The normalized spacial score (nSPS) is 19.9. The highest BCUT2D eigenvalue weighted by molar-refractivity contribution is 6.08. The molecule has 0 spiro atoms. The second kappa shape index (κ2) is 11.0. The number of ether oxygens (including phenoxy) is 1. The molecular formula is C28H36N3O3. The van der Waals surface area contributed by atoms with Gasteiger partial charge in [-0.3, -0.25) is 9.59 Å². The van der Waals surface area contributed by atoms with Crippen LogP contribution in [0.2, 0.25) is 0 Å². The van der Waals surface area contributed by atoms with Crippen LogP contribution in [0.25, 0.3) is 0 Å². The van der Waals surface area contributed by atoms with E-state index in [1.165, 1.54) is 5.56 Å². The number of fused-ring (bicyclic) bond motifs is 1. The van der Waals surface area contributed by atoms with Crippen molar-refractivity contribution in [1.29, 1.82) is 0 Å². The number of nitrogens with zero attached hydrogens (tertiary/aromatic N) is 2. The molecule has 2 aromatic rings. The maximum absolute atomic E-state index is 13.5. The molecule has 2 amide bonds. The summed E-state index contributed by atoms with van der Waals surface area (Å²) in [5, 5.41) is 0. The number of nitrogens with two attached hydrogens (primary N) is 1. The van der Waals surface area contributed by atoms with Crippen LogP contribution in [0, 0.1) is 25.2 Å². The molecule has 181 valence electrons. The third-order valence-electron chi connectivity index (χ3n) is 7.03. The van der Waals surface area contributed by atoms with Gasteiger partial charge in [-0.2, -0.15) is 0 Å². The first kappa shape index (κ1) is 24.3. The average Bonchev–Trinajstić information content (AvgIpc) is 3.38. The summed E-state index contributed by atoms with van der Waals surface area (Å²) >= 11 is 0. The fourth-order valence-electron chi connectivity index (χ4n) is 5.25. The highest BCUT2D eigenvalue weighted by Crippen LogP contribution is 2.33. The molecule has 2 N–H and O–H groups in total. The van der Waals surface area contributed by atoms with E-state index in [1.54, 1.807) is 6.07 Å². The van der Waals surface area contributed by atoms with E-state index >= 15 is 0 Å². The number of benzene rings is 2. The molecule has 0 saturated carbocycles. The molecule has 1 radical (unpaired) electrons. The molecule has 0 bridgehead atoms. The van der Waals surface area contributed by atoms with Crippen LogP contribution in [0.15, 0.2) is 42.5 Å². The number of primary amides is 1. The highest BCUT2D eigenvalue weighted by Gasteiger charge is 2.42. The van der Waals surface area contributed by atoms with Crippen LogP contribution in [0.3, 0.4) is 0 Å². The van der Waals surface area contributed by atoms with Gasteiger partial charge in [-0.15, -0.1) is 0 Å². The number of aryl methyl sites for hydroxylation is 1. The van der Waals surface area contributed by atoms with Gasteiger partial charge in [0, 0.05) is 26.2 Å². The minimum atomic E-state index is -0.590. The Morgan fingerprint density at radius 2 is 1.79 bits per heavy atom. The molecule has 2 saturated heterocycles. The predicted molar refractivity (Wildman–Crippen MR) is 134 cm³/mol. The maximum Gasteiger partial charge on any atom is 0.254 e. The summed E-state index contributed by atoms with van der Waals surface area (Å²) in [6.07, 6.45) is 5.27. The molecule has 6 nitrogen and oxygen atoms in total. The number of carbonyl (C=O) groups excluding carboxylic acids is 2. The summed E-state index contributed by atoms with van der Waals surface area (Å²) in [5.41, 5.74) is 8.35. The minimum absolute atomic E-state index is 0.0928. The lowest BCUT2D eigenvalue weighted by molar-refractivity contribution is 0.0768. The van der Waals surface area contributed by atoms with Crippen molar-refractivity contribution in [1.82, 2.24) is 9.80 Å². The molecule has 6 heteroatoms. The van der Waals surface area contributed by atoms with Crippen molar-refractivity contribution in [2.45, 2.75) is 33.1 Å². The second-order valence-corrected chi connectivity index (χ2v) is 9.62. The van der Waals surface area contributed by atoms with Crippen molar-refractivity contribution in [3.05, 3.63) is 71.1 Å². The number of unbranched alkanes of at least 4 members (excludes halogenated alkanes) is 1. The van der Waals surface area contributed by atoms with Crippen LogP contribution in [0.5, 0.6) is 5.75 Å². The Labute approximate surface area is 203 Å². The van der Waals surface area contributed by atoms with Crippen molar-refractivity contribution >= 4 is 11.8 Å². The SMILES string of the molecule is CCCCOc1cc(C)c(C(=O)N2CC3CN(CC[CH]c4ccccc4)C[C@H]3C2)c(C(N)=O)c1. The smallest absolute Gasteiger partial charge is 0.254 e. The fraction of sp³-hybridized carbons (Fsp3) is 0.464. The fourth-order valence-corrected chi connectivity index (χ4v) is 5.25. The Hall–Kier alpha value is -2.86. The molecule has 2 aliphatic rings. The van der Waals surface area contributed by atoms with Crippen LogP contribution >= 0.6 is 0 Å². The number of hydrogen-bond acceptors (Lipinski definition) is 4. The summed E-state index contributed by atoms with van der Waals surface area (Å²) < 4.78 is 5.77. The molecule has 2 aromatic carbocycles. The summed E-state index contributed by atoms with van der Waals surface area (Å²) in [5.74, 6) is 0.874. The minimum Gasteiger partial charge on any atom is -0.494 e. The number of likely N-dealkylation sites (tertiary alicyclic amines) is 2. The number of amides is 2. The Morgan fingerprint density at radius 1 is 1.09 bits per heavy atom. The number of rotatable bonds is 10. The van der Waals surface area contributed by atoms with Crippen molar-refractivity contribution in [2.75, 3.05) is 39.3 Å². The van der Waals surface area contributed by atoms with E-state index in [0.717, 1.165) is 57.5 Å². The Balaban J connectivity index is 1.35. The lowest BCUT2D eigenvalue weighted by Crippen LogP contribution is -2.35. The van der Waals surface area contributed by atoms with Crippen molar-refractivity contribution in [3.63, 3.8) is 0 Å². The van der Waals surface area contributed by atoms with E-state index in [0.29, 0.717) is 29.8 Å². The zero-order chi connectivity index (χ0) is 24.1. The van der Waals surface area contributed by atoms with Gasteiger partial charge in [-0.25, -0.2) is 0 Å². The summed E-state index contributed by atoms with van der Waals surface area (Å²) in [7, 11) is 0. The Kier molecular flexibility index (Phi) is 7.88. The van der Waals surface area contributed by atoms with E-state index in [2.05, 4.69) is 42.5 Å². The molecule has 2 fully saturated rings. The van der Waals surface area contributed by atoms with E-state index in [4.69, 9.17) is 10.5 Å². The summed E-state index contributed by atoms with van der Waals surface area (Å²) in [6.45, 7) is 9.07. The monoisotopic (exact) mass is 462 g/mol. The van der Waals surface area contributed by atoms with Crippen LogP contribution in [-0.4, -0.2) is 60.9 Å². The molecule has 2 atom stereocenters. The topological polar surface area (TPSA) is 75.9 Å². The van der Waals surface area contributed by atoms with Crippen LogP contribution in [0.4, 0.5) is 0 Å². The standard InChI is InChI=1S/C28H36N3O3/c1-3-4-13-34-24-14-20(2)26(25(15-24)27(29)32)28(33)31-18-22-16-30(17-23(22)19-31)12-8-11-21-9-6-5-7-10-21/h5-7,9-11,14-15,22-23H,3-4,8,12-13,16-19H2,1-2H3,(H2,29,32)/t22-,23?/m0/s1. The third kappa shape index (κ3) is 5.61. The Bertz CT molecular complexity index is 993. The highest BCUT2D eigenvalue weighted by atomic mass is 16.5. The first-order valence-electron chi connectivity index (χ1n) is 12.4. The van der Waals surface area contributed by atoms with E-state index in [9.17, 15) is 9.59 Å². The van der Waals surface area contributed by atoms with E-state index < -0.39 is 5.91 Å². The van der Waals surface area contributed by atoms with Gasteiger partial charge in [0.1, 0.15) is 5.75 Å². The molecule has 2 heterocycles. The molecule has 1 unspecified atom stereocenters. The first-order valence-corrected chi connectivity index (χ1v) is 12.4. The lowest BCUT2D eigenvalue weighted by Gasteiger charge is -2.23. The van der Waals surface area contributed by atoms with Gasteiger partial charge in [0.2, 0.25) is 5.91 Å². The van der Waals surface area contributed by atoms with Gasteiger partial charge in [-0.1, -0.05) is 43.7 Å². The van der Waals surface area contributed by atoms with E-state index in [1.807, 2.05) is 24.0 Å². The van der Waals surface area contributed by atoms with Gasteiger partial charge in [0.05, 0.1) is 17.7 Å². The van der Waals surface area contributed by atoms with Gasteiger partial charge < -0.3 is 20.3 Å². The zero-order valence-electron chi connectivity index (χ0n) is 20.3. The second-order valence-electron chi connectivity index (χ2n) is 9.62. The van der Waals surface area contributed by atoms with Gasteiger partial charge in [0.25, 0.3) is 5.91 Å². The Morgan fingerprint density at radius 3 is 2.44 bits per heavy atom. The molecular weight excluding hydrogens is 426 g/mol. The largest absolute Gasteiger partial charge is 0.494 e. The van der Waals surface area contributed by atoms with E-state index in [-0.39, 0.29) is 11.5 Å². The van der Waals surface area contributed by atoms with Crippen molar-refractivity contribution < 1.29 is 14.3 Å². The summed E-state index contributed by atoms with van der Waals surface area (Å²) in [4.78, 5) is 30.1. The van der Waals surface area contributed by atoms with Gasteiger partial charge in [-0.05, 0) is 67.8 Å². The summed E-state index contributed by atoms with van der Waals surface area (Å²) in [6, 6.07) is 13.9. The molecule has 4 rings (SSSR count). The predicted octanol–water partition coefficient (Wildman–Crippen LogP) is 3.92. The number of carbonyl (C=O) groups is 2. The van der Waals surface area contributed by atoms with Crippen LogP contribution in [0.1, 0.15) is 58.0 Å². The van der Waals surface area contributed by atoms with Crippen LogP contribution in [-0.2, 0) is 0 Å².